The van der Waals surface area contributed by atoms with E-state index in [1.165, 1.54) is 0 Å². The van der Waals surface area contributed by atoms with Crippen molar-refractivity contribution in [2.75, 3.05) is 0 Å². The molecular formula is C15H15O2P. The zero-order valence-corrected chi connectivity index (χ0v) is 11.4. The average Bonchev–Trinajstić information content (AvgIpc) is 2.34. The second-order valence-electron chi connectivity index (χ2n) is 4.25. The topological polar surface area (TPSA) is 37.3 Å². The van der Waals surface area contributed by atoms with Crippen LogP contribution in [-0.2, 0) is 0 Å². The predicted molar refractivity (Wildman–Crippen MR) is 76.9 cm³/mol. The number of rotatable bonds is 3. The van der Waals surface area contributed by atoms with Crippen molar-refractivity contribution >= 4 is 25.0 Å². The monoisotopic (exact) mass is 258 g/mol. The molecule has 0 aliphatic heterocycles. The van der Waals surface area contributed by atoms with E-state index in [0.717, 1.165) is 21.7 Å². The van der Waals surface area contributed by atoms with Gasteiger partial charge in [-0.25, -0.2) is 0 Å². The van der Waals surface area contributed by atoms with Crippen LogP contribution in [0.3, 0.4) is 0 Å². The summed E-state index contributed by atoms with van der Waals surface area (Å²) in [7, 11) is 0.293. The molecule has 2 nitrogen and oxygen atoms in total. The minimum atomic E-state index is 0.0604. The highest BCUT2D eigenvalue weighted by atomic mass is 31.1. The molecule has 0 aliphatic carbocycles. The summed E-state index contributed by atoms with van der Waals surface area (Å²) in [5.74, 6) is 0.350. The summed E-state index contributed by atoms with van der Waals surface area (Å²) in [4.78, 5) is 11.6. The molecule has 0 bridgehead atoms. The van der Waals surface area contributed by atoms with E-state index in [1.54, 1.807) is 13.0 Å². The van der Waals surface area contributed by atoms with Crippen molar-refractivity contribution in [3.05, 3.63) is 53.6 Å². The van der Waals surface area contributed by atoms with Crippen LogP contribution in [0.2, 0.25) is 0 Å². The Morgan fingerprint density at radius 2 is 1.83 bits per heavy atom. The maximum absolute atomic E-state index is 11.6. The second-order valence-corrected chi connectivity index (χ2v) is 5.57. The second kappa shape index (κ2) is 5.32. The van der Waals surface area contributed by atoms with Crippen LogP contribution in [0.25, 0.3) is 0 Å². The van der Waals surface area contributed by atoms with Gasteiger partial charge in [-0.05, 0) is 31.3 Å². The van der Waals surface area contributed by atoms with E-state index in [0.29, 0.717) is 8.58 Å². The molecule has 0 amide bonds. The first-order valence-corrected chi connectivity index (χ1v) is 6.74. The van der Waals surface area contributed by atoms with Gasteiger partial charge < -0.3 is 5.11 Å². The van der Waals surface area contributed by atoms with Crippen LogP contribution < -0.4 is 10.6 Å². The quantitative estimate of drug-likeness (QED) is 0.678. The van der Waals surface area contributed by atoms with Gasteiger partial charge in [-0.1, -0.05) is 44.5 Å². The first-order chi connectivity index (χ1) is 8.58. The Labute approximate surface area is 108 Å². The van der Waals surface area contributed by atoms with Gasteiger partial charge in [0, 0.05) is 10.9 Å². The number of carbonyl (C=O) groups is 1. The number of phenolic OH excluding ortho intramolecular Hbond substituents is 1. The van der Waals surface area contributed by atoms with Gasteiger partial charge in [-0.15, -0.1) is 0 Å². The summed E-state index contributed by atoms with van der Waals surface area (Å²) in [6.07, 6.45) is 0. The van der Waals surface area contributed by atoms with Gasteiger partial charge in [-0.2, -0.15) is 0 Å². The Morgan fingerprint density at radius 1 is 1.11 bits per heavy atom. The third kappa shape index (κ3) is 2.77. The third-order valence-corrected chi connectivity index (χ3v) is 4.10. The minimum absolute atomic E-state index is 0.0604. The minimum Gasteiger partial charge on any atom is -0.507 e. The van der Waals surface area contributed by atoms with E-state index in [2.05, 4.69) is 0 Å². The zero-order chi connectivity index (χ0) is 13.1. The molecule has 3 heteroatoms. The normalized spacial score (nSPS) is 11.0. The summed E-state index contributed by atoms with van der Waals surface area (Å²) < 4.78 is 0. The maximum atomic E-state index is 11.6. The number of Topliss-reactive ketones (excluding diaryl/α,β-unsaturated/α-hetero) is 1. The van der Waals surface area contributed by atoms with Crippen molar-refractivity contribution in [3.63, 3.8) is 0 Å². The van der Waals surface area contributed by atoms with Crippen molar-refractivity contribution in [1.82, 2.24) is 0 Å². The van der Waals surface area contributed by atoms with Crippen LogP contribution in [0.5, 0.6) is 5.75 Å². The summed E-state index contributed by atoms with van der Waals surface area (Å²) in [5, 5.41) is 11.7. The van der Waals surface area contributed by atoms with Gasteiger partial charge in [-0.3, -0.25) is 4.79 Å². The summed E-state index contributed by atoms with van der Waals surface area (Å²) in [6, 6.07) is 13.1. The number of phenols is 1. The van der Waals surface area contributed by atoms with Crippen molar-refractivity contribution < 1.29 is 9.90 Å². The van der Waals surface area contributed by atoms with Gasteiger partial charge in [0.25, 0.3) is 0 Å². The molecular weight excluding hydrogens is 243 g/mol. The van der Waals surface area contributed by atoms with Crippen LogP contribution in [0, 0.1) is 6.92 Å². The van der Waals surface area contributed by atoms with Gasteiger partial charge in [0.2, 0.25) is 0 Å². The van der Waals surface area contributed by atoms with Gasteiger partial charge in [0.1, 0.15) is 5.75 Å². The first-order valence-electron chi connectivity index (χ1n) is 5.74. The molecule has 2 aromatic rings. The highest BCUT2D eigenvalue weighted by Crippen LogP contribution is 2.21. The molecule has 1 unspecified atom stereocenters. The Hall–Kier alpha value is -1.66. The Balaban J connectivity index is 2.40. The van der Waals surface area contributed by atoms with Crippen molar-refractivity contribution in [2.45, 2.75) is 13.8 Å². The molecule has 0 fully saturated rings. The number of aryl methyl sites for hydroxylation is 1. The Kier molecular flexibility index (Phi) is 3.78. The van der Waals surface area contributed by atoms with Crippen molar-refractivity contribution in [3.8, 4) is 5.75 Å². The lowest BCUT2D eigenvalue weighted by atomic mass is 10.1. The molecule has 92 valence electrons. The van der Waals surface area contributed by atoms with E-state index in [1.807, 2.05) is 43.3 Å². The molecule has 0 radical (unpaired) electrons. The first kappa shape index (κ1) is 12.8. The van der Waals surface area contributed by atoms with Crippen LogP contribution in [0.15, 0.2) is 42.5 Å². The summed E-state index contributed by atoms with van der Waals surface area (Å²) in [6.45, 7) is 3.56. The third-order valence-electron chi connectivity index (χ3n) is 2.73. The maximum Gasteiger partial charge on any atom is 0.160 e. The average molecular weight is 258 g/mol. The fourth-order valence-corrected chi connectivity index (χ4v) is 3.17. The lowest BCUT2D eigenvalue weighted by Gasteiger charge is -2.09. The number of benzene rings is 2. The largest absolute Gasteiger partial charge is 0.507 e. The van der Waals surface area contributed by atoms with Crippen molar-refractivity contribution in [2.24, 2.45) is 0 Å². The molecule has 0 spiro atoms. The summed E-state index contributed by atoms with van der Waals surface area (Å²) in [5.41, 5.74) is 1.84. The lowest BCUT2D eigenvalue weighted by Crippen LogP contribution is -2.12. The highest BCUT2D eigenvalue weighted by molar-refractivity contribution is 7.56. The molecule has 0 aromatic heterocycles. The standard InChI is InChI=1S/C15H15O2P/c1-10-7-8-13(17)15(9-10)18-14-6-4-3-5-12(14)11(2)16/h3-9,17-18H,1-2H3. The van der Waals surface area contributed by atoms with Crippen LogP contribution in [0.1, 0.15) is 22.8 Å². The van der Waals surface area contributed by atoms with Gasteiger partial charge >= 0.3 is 0 Å². The van der Waals surface area contributed by atoms with Crippen LogP contribution in [-0.4, -0.2) is 10.9 Å². The van der Waals surface area contributed by atoms with E-state index in [9.17, 15) is 9.90 Å². The summed E-state index contributed by atoms with van der Waals surface area (Å²) >= 11 is 0. The fraction of sp³-hybridized carbons (Fsp3) is 0.133. The smallest absolute Gasteiger partial charge is 0.160 e. The molecule has 0 saturated carbocycles. The number of hydrogen-bond donors (Lipinski definition) is 1. The molecule has 0 heterocycles. The molecule has 2 rings (SSSR count). The molecule has 0 saturated heterocycles. The van der Waals surface area contributed by atoms with Gasteiger partial charge in [0.15, 0.2) is 5.78 Å². The lowest BCUT2D eigenvalue weighted by molar-refractivity contribution is 0.101. The zero-order valence-electron chi connectivity index (χ0n) is 10.4. The number of hydrogen-bond acceptors (Lipinski definition) is 2. The van der Waals surface area contributed by atoms with Crippen molar-refractivity contribution in [1.29, 1.82) is 0 Å². The number of ketones is 1. The predicted octanol–water partition coefficient (Wildman–Crippen LogP) is 2.53. The Bertz CT molecular complexity index is 591. The molecule has 1 N–H and O–H groups in total. The van der Waals surface area contributed by atoms with Gasteiger partial charge in [0.05, 0.1) is 0 Å². The van der Waals surface area contributed by atoms with E-state index >= 15 is 0 Å². The highest BCUT2D eigenvalue weighted by Gasteiger charge is 2.09. The molecule has 1 atom stereocenters. The number of carbonyl (C=O) groups excluding carboxylic acids is 1. The van der Waals surface area contributed by atoms with Crippen LogP contribution >= 0.6 is 8.58 Å². The molecule has 2 aromatic carbocycles. The SMILES string of the molecule is CC(=O)c1ccccc1Pc1cc(C)ccc1O. The van der Waals surface area contributed by atoms with E-state index in [-0.39, 0.29) is 11.5 Å². The molecule has 18 heavy (non-hydrogen) atoms. The number of aromatic hydroxyl groups is 1. The van der Waals surface area contributed by atoms with E-state index in [4.69, 9.17) is 0 Å². The van der Waals surface area contributed by atoms with Crippen LogP contribution in [0.4, 0.5) is 0 Å². The fourth-order valence-electron chi connectivity index (χ4n) is 1.79. The van der Waals surface area contributed by atoms with E-state index < -0.39 is 0 Å². The Morgan fingerprint density at radius 3 is 2.56 bits per heavy atom. The molecule has 0 aliphatic rings.